The molecule has 1 N–H and O–H groups in total. The van der Waals surface area contributed by atoms with Gasteiger partial charge in [0.05, 0.1) is 0 Å². The first-order valence-corrected chi connectivity index (χ1v) is 5.21. The summed E-state index contributed by atoms with van der Waals surface area (Å²) in [6.45, 7) is 6.66. The summed E-state index contributed by atoms with van der Waals surface area (Å²) >= 11 is 0. The van der Waals surface area contributed by atoms with E-state index in [-0.39, 0.29) is 0 Å². The minimum absolute atomic E-state index is 0.675. The zero-order valence-corrected chi connectivity index (χ0v) is 9.17. The van der Waals surface area contributed by atoms with E-state index in [9.17, 15) is 0 Å². The largest absolute Gasteiger partial charge is 0.368 e. The lowest BCUT2D eigenvalue weighted by molar-refractivity contribution is 0.449. The predicted molar refractivity (Wildman–Crippen MR) is 61.0 cm³/mol. The highest BCUT2D eigenvalue weighted by molar-refractivity contribution is 5.60. The molecule has 0 amide bonds. The SMILES string of the molecule is CNC1CN(c2c(C)cccc2C)C1. The fraction of sp³-hybridized carbons (Fsp3) is 0.500. The summed E-state index contributed by atoms with van der Waals surface area (Å²) in [7, 11) is 2.03. The summed E-state index contributed by atoms with van der Waals surface area (Å²) in [5.41, 5.74) is 4.21. The van der Waals surface area contributed by atoms with Gasteiger partial charge < -0.3 is 10.2 Å². The van der Waals surface area contributed by atoms with Gasteiger partial charge in [0.15, 0.2) is 0 Å². The van der Waals surface area contributed by atoms with Gasteiger partial charge in [0.25, 0.3) is 0 Å². The summed E-state index contributed by atoms with van der Waals surface area (Å²) in [4.78, 5) is 2.45. The zero-order chi connectivity index (χ0) is 10.1. The van der Waals surface area contributed by atoms with Crippen molar-refractivity contribution in [1.29, 1.82) is 0 Å². The molecule has 0 saturated carbocycles. The summed E-state index contributed by atoms with van der Waals surface area (Å²) in [5.74, 6) is 0. The van der Waals surface area contributed by atoms with Crippen LogP contribution in [-0.2, 0) is 0 Å². The van der Waals surface area contributed by atoms with Crippen molar-refractivity contribution in [3.63, 3.8) is 0 Å². The number of aryl methyl sites for hydroxylation is 2. The van der Waals surface area contributed by atoms with Crippen molar-refractivity contribution >= 4 is 5.69 Å². The topological polar surface area (TPSA) is 15.3 Å². The smallest absolute Gasteiger partial charge is 0.0426 e. The van der Waals surface area contributed by atoms with Crippen LogP contribution >= 0.6 is 0 Å². The second kappa shape index (κ2) is 3.62. The van der Waals surface area contributed by atoms with Crippen molar-refractivity contribution in [1.82, 2.24) is 5.32 Å². The molecule has 0 spiro atoms. The molecular weight excluding hydrogens is 172 g/mol. The Labute approximate surface area is 85.9 Å². The zero-order valence-electron chi connectivity index (χ0n) is 9.17. The molecule has 2 rings (SSSR count). The van der Waals surface area contributed by atoms with E-state index in [0.717, 1.165) is 13.1 Å². The average molecular weight is 190 g/mol. The number of nitrogens with one attached hydrogen (secondary N) is 1. The van der Waals surface area contributed by atoms with E-state index in [1.54, 1.807) is 0 Å². The second-order valence-electron chi connectivity index (χ2n) is 4.13. The van der Waals surface area contributed by atoms with Gasteiger partial charge in [-0.15, -0.1) is 0 Å². The highest BCUT2D eigenvalue weighted by Gasteiger charge is 2.26. The van der Waals surface area contributed by atoms with E-state index >= 15 is 0 Å². The Kier molecular flexibility index (Phi) is 2.46. The molecule has 2 nitrogen and oxygen atoms in total. The van der Waals surface area contributed by atoms with Crippen LogP contribution in [0.25, 0.3) is 0 Å². The third-order valence-electron chi connectivity index (χ3n) is 3.05. The van der Waals surface area contributed by atoms with E-state index < -0.39 is 0 Å². The number of rotatable bonds is 2. The molecule has 14 heavy (non-hydrogen) atoms. The molecule has 0 radical (unpaired) electrons. The first-order valence-electron chi connectivity index (χ1n) is 5.21. The van der Waals surface area contributed by atoms with Crippen LogP contribution in [0.4, 0.5) is 5.69 Å². The quantitative estimate of drug-likeness (QED) is 0.763. The molecule has 0 aliphatic carbocycles. The van der Waals surface area contributed by atoms with Gasteiger partial charge in [-0.3, -0.25) is 0 Å². The molecular formula is C12H18N2. The van der Waals surface area contributed by atoms with Gasteiger partial charge in [0.1, 0.15) is 0 Å². The fourth-order valence-corrected chi connectivity index (χ4v) is 2.15. The number of benzene rings is 1. The van der Waals surface area contributed by atoms with Crippen molar-refractivity contribution in [2.45, 2.75) is 19.9 Å². The van der Waals surface area contributed by atoms with E-state index in [0.29, 0.717) is 6.04 Å². The predicted octanol–water partition coefficient (Wildman–Crippen LogP) is 1.71. The number of likely N-dealkylation sites (N-methyl/N-ethyl adjacent to an activating group) is 1. The maximum Gasteiger partial charge on any atom is 0.0426 e. The maximum absolute atomic E-state index is 3.30. The van der Waals surface area contributed by atoms with Crippen molar-refractivity contribution in [2.75, 3.05) is 25.0 Å². The standard InChI is InChI=1S/C12H18N2/c1-9-5-4-6-10(2)12(9)14-7-11(8-14)13-3/h4-6,11,13H,7-8H2,1-3H3. The van der Waals surface area contributed by atoms with E-state index in [2.05, 4.69) is 42.3 Å². The molecule has 1 aromatic rings. The maximum atomic E-state index is 3.30. The normalized spacial score (nSPS) is 16.9. The molecule has 1 heterocycles. The first-order chi connectivity index (χ1) is 6.72. The molecule has 1 fully saturated rings. The van der Waals surface area contributed by atoms with E-state index in [1.807, 2.05) is 7.05 Å². The monoisotopic (exact) mass is 190 g/mol. The van der Waals surface area contributed by atoms with Crippen LogP contribution in [0.2, 0.25) is 0 Å². The van der Waals surface area contributed by atoms with Crippen molar-refractivity contribution in [2.24, 2.45) is 0 Å². The number of hydrogen-bond donors (Lipinski definition) is 1. The van der Waals surface area contributed by atoms with Crippen LogP contribution in [0.1, 0.15) is 11.1 Å². The van der Waals surface area contributed by atoms with Gasteiger partial charge in [-0.1, -0.05) is 18.2 Å². The highest BCUT2D eigenvalue weighted by Crippen LogP contribution is 2.28. The summed E-state index contributed by atoms with van der Waals surface area (Å²) in [5, 5.41) is 3.30. The lowest BCUT2D eigenvalue weighted by Gasteiger charge is -2.42. The van der Waals surface area contributed by atoms with Gasteiger partial charge in [-0.2, -0.15) is 0 Å². The molecule has 0 aromatic heterocycles. The van der Waals surface area contributed by atoms with Crippen molar-refractivity contribution < 1.29 is 0 Å². The van der Waals surface area contributed by atoms with Gasteiger partial charge in [-0.05, 0) is 32.0 Å². The van der Waals surface area contributed by atoms with Crippen LogP contribution in [0.5, 0.6) is 0 Å². The number of anilines is 1. The first kappa shape index (κ1) is 9.53. The number of nitrogens with zero attached hydrogens (tertiary/aromatic N) is 1. The Morgan fingerprint density at radius 2 is 1.79 bits per heavy atom. The minimum Gasteiger partial charge on any atom is -0.368 e. The van der Waals surface area contributed by atoms with E-state index in [1.165, 1.54) is 16.8 Å². The summed E-state index contributed by atoms with van der Waals surface area (Å²) in [6, 6.07) is 7.18. The molecule has 1 saturated heterocycles. The molecule has 0 atom stereocenters. The van der Waals surface area contributed by atoms with Gasteiger partial charge >= 0.3 is 0 Å². The molecule has 1 aromatic carbocycles. The molecule has 0 bridgehead atoms. The Hall–Kier alpha value is -1.02. The molecule has 76 valence electrons. The fourth-order valence-electron chi connectivity index (χ4n) is 2.15. The van der Waals surface area contributed by atoms with Crippen molar-refractivity contribution in [3.05, 3.63) is 29.3 Å². The Morgan fingerprint density at radius 1 is 1.21 bits per heavy atom. The molecule has 1 aliphatic rings. The Morgan fingerprint density at radius 3 is 2.29 bits per heavy atom. The highest BCUT2D eigenvalue weighted by atomic mass is 15.2. The lowest BCUT2D eigenvalue weighted by Crippen LogP contribution is -2.57. The minimum atomic E-state index is 0.675. The third kappa shape index (κ3) is 1.50. The molecule has 1 aliphatic heterocycles. The number of hydrogen-bond acceptors (Lipinski definition) is 2. The van der Waals surface area contributed by atoms with Crippen molar-refractivity contribution in [3.8, 4) is 0 Å². The Bertz CT molecular complexity index is 307. The summed E-state index contributed by atoms with van der Waals surface area (Å²) in [6.07, 6.45) is 0. The van der Waals surface area contributed by atoms with Crippen LogP contribution in [0.3, 0.4) is 0 Å². The molecule has 2 heteroatoms. The van der Waals surface area contributed by atoms with Crippen LogP contribution in [0, 0.1) is 13.8 Å². The van der Waals surface area contributed by atoms with Crippen LogP contribution < -0.4 is 10.2 Å². The lowest BCUT2D eigenvalue weighted by atomic mass is 10.0. The van der Waals surface area contributed by atoms with Gasteiger partial charge in [-0.25, -0.2) is 0 Å². The second-order valence-corrected chi connectivity index (χ2v) is 4.13. The third-order valence-corrected chi connectivity index (χ3v) is 3.05. The van der Waals surface area contributed by atoms with Crippen LogP contribution in [-0.4, -0.2) is 26.2 Å². The van der Waals surface area contributed by atoms with Gasteiger partial charge in [0.2, 0.25) is 0 Å². The number of para-hydroxylation sites is 1. The Balaban J connectivity index is 2.18. The molecule has 0 unspecified atom stereocenters. The van der Waals surface area contributed by atoms with Gasteiger partial charge in [0, 0.05) is 24.8 Å². The summed E-state index contributed by atoms with van der Waals surface area (Å²) < 4.78 is 0. The van der Waals surface area contributed by atoms with E-state index in [4.69, 9.17) is 0 Å². The van der Waals surface area contributed by atoms with Crippen LogP contribution in [0.15, 0.2) is 18.2 Å². The average Bonchev–Trinajstić information content (AvgIpc) is 2.08.